The lowest BCUT2D eigenvalue weighted by Gasteiger charge is -2.10. The van der Waals surface area contributed by atoms with E-state index in [1.165, 1.54) is 10.9 Å². The molecule has 0 unspecified atom stereocenters. The molecular weight excluding hydrogens is 314 g/mol. The van der Waals surface area contributed by atoms with E-state index in [1.807, 2.05) is 18.2 Å². The lowest BCUT2D eigenvalue weighted by molar-refractivity contribution is 0.0523. The zero-order valence-corrected chi connectivity index (χ0v) is 14.2. The van der Waals surface area contributed by atoms with Gasteiger partial charge in [-0.05, 0) is 37.4 Å². The fourth-order valence-corrected chi connectivity index (χ4v) is 3.61. The minimum atomic E-state index is -0.502. The van der Waals surface area contributed by atoms with Gasteiger partial charge < -0.3 is 14.4 Å². The number of aryl methyl sites for hydroxylation is 1. The van der Waals surface area contributed by atoms with Crippen LogP contribution in [-0.4, -0.2) is 22.2 Å². The van der Waals surface area contributed by atoms with Gasteiger partial charge in [0.15, 0.2) is 0 Å². The third-order valence-corrected chi connectivity index (χ3v) is 4.67. The van der Waals surface area contributed by atoms with Crippen LogP contribution in [0.25, 0.3) is 32.6 Å². The zero-order valence-electron chi connectivity index (χ0n) is 14.2. The molecule has 0 aliphatic carbocycles. The summed E-state index contributed by atoms with van der Waals surface area (Å²) in [5, 5.41) is 14.6. The average Bonchev–Trinajstić information content (AvgIpc) is 2.95. The molecule has 1 heterocycles. The van der Waals surface area contributed by atoms with E-state index in [2.05, 4.69) is 29.7 Å². The first kappa shape index (κ1) is 15.5. The molecule has 0 aliphatic rings. The fourth-order valence-electron chi connectivity index (χ4n) is 3.61. The molecule has 0 fully saturated rings. The van der Waals surface area contributed by atoms with Gasteiger partial charge in [0.25, 0.3) is 0 Å². The molecule has 3 aromatic carbocycles. The molecule has 0 saturated carbocycles. The Balaban J connectivity index is 2.10. The van der Waals surface area contributed by atoms with Crippen LogP contribution in [0.15, 0.2) is 48.5 Å². The molecule has 0 bridgehead atoms. The van der Waals surface area contributed by atoms with E-state index >= 15 is 0 Å². The van der Waals surface area contributed by atoms with Crippen LogP contribution < -0.4 is 0 Å². The van der Waals surface area contributed by atoms with E-state index in [0.29, 0.717) is 0 Å². The minimum Gasteiger partial charge on any atom is -0.507 e. The van der Waals surface area contributed by atoms with E-state index in [-0.39, 0.29) is 17.9 Å². The molecule has 1 aromatic heterocycles. The van der Waals surface area contributed by atoms with E-state index in [9.17, 15) is 9.90 Å². The second-order valence-corrected chi connectivity index (χ2v) is 6.03. The van der Waals surface area contributed by atoms with Crippen LogP contribution >= 0.6 is 0 Å². The lowest BCUT2D eigenvalue weighted by Crippen LogP contribution is -2.05. The first-order chi connectivity index (χ1) is 12.2. The quantitative estimate of drug-likeness (QED) is 0.545. The maximum atomic E-state index is 12.0. The molecular formula is C21H19NO3. The molecule has 4 rings (SSSR count). The Bertz CT molecular complexity index is 1120. The van der Waals surface area contributed by atoms with Gasteiger partial charge in [-0.2, -0.15) is 0 Å². The molecule has 0 atom stereocenters. The number of aromatic hydroxyl groups is 1. The summed E-state index contributed by atoms with van der Waals surface area (Å²) in [6.45, 7) is 4.96. The first-order valence-electron chi connectivity index (χ1n) is 8.49. The van der Waals surface area contributed by atoms with Gasteiger partial charge in [0.2, 0.25) is 0 Å². The van der Waals surface area contributed by atoms with Gasteiger partial charge in [0.1, 0.15) is 11.3 Å². The molecule has 4 aromatic rings. The summed E-state index contributed by atoms with van der Waals surface area (Å²) >= 11 is 0. The maximum Gasteiger partial charge on any atom is 0.341 e. The van der Waals surface area contributed by atoms with Gasteiger partial charge in [-0.3, -0.25) is 0 Å². The number of nitrogens with zero attached hydrogens (tertiary/aromatic N) is 1. The number of benzene rings is 3. The molecule has 4 nitrogen and oxygen atoms in total. The Morgan fingerprint density at radius 2 is 1.84 bits per heavy atom. The van der Waals surface area contributed by atoms with Gasteiger partial charge in [0.05, 0.1) is 12.1 Å². The summed E-state index contributed by atoms with van der Waals surface area (Å²) in [7, 11) is 0. The molecule has 1 N–H and O–H groups in total. The topological polar surface area (TPSA) is 51.5 Å². The van der Waals surface area contributed by atoms with Crippen LogP contribution in [-0.2, 0) is 11.3 Å². The van der Waals surface area contributed by atoms with Crippen LogP contribution in [0, 0.1) is 0 Å². The number of hydrogen-bond acceptors (Lipinski definition) is 3. The Hall–Kier alpha value is -3.01. The summed E-state index contributed by atoms with van der Waals surface area (Å²) in [6, 6.07) is 15.7. The van der Waals surface area contributed by atoms with Crippen LogP contribution in [0.5, 0.6) is 5.75 Å². The summed E-state index contributed by atoms with van der Waals surface area (Å²) in [5.74, 6) is -0.551. The SMILES string of the molecule is CCOC(=O)c1cc2ccc3c4ccccc4n(CC)c3c2cc1O. The van der Waals surface area contributed by atoms with Crippen molar-refractivity contribution in [1.82, 2.24) is 4.57 Å². The number of esters is 1. The standard InChI is InChI=1S/C21H19NO3/c1-3-22-18-8-6-5-7-14(18)15-10-9-13-11-17(21(24)25-4-2)19(23)12-16(13)20(15)22/h5-12,23H,3-4H2,1-2H3. The molecule has 0 aliphatic heterocycles. The normalized spacial score (nSPS) is 11.4. The minimum absolute atomic E-state index is 0.0497. The molecule has 0 saturated heterocycles. The highest BCUT2D eigenvalue weighted by atomic mass is 16.5. The monoisotopic (exact) mass is 333 g/mol. The van der Waals surface area contributed by atoms with Crippen molar-refractivity contribution in [2.45, 2.75) is 20.4 Å². The van der Waals surface area contributed by atoms with Gasteiger partial charge in [-0.25, -0.2) is 4.79 Å². The average molecular weight is 333 g/mol. The molecule has 25 heavy (non-hydrogen) atoms. The highest BCUT2D eigenvalue weighted by Crippen LogP contribution is 2.36. The van der Waals surface area contributed by atoms with Gasteiger partial charge in [-0.1, -0.05) is 30.3 Å². The maximum absolute atomic E-state index is 12.0. The number of para-hydroxylation sites is 1. The van der Waals surface area contributed by atoms with Crippen molar-refractivity contribution < 1.29 is 14.6 Å². The highest BCUT2D eigenvalue weighted by Gasteiger charge is 2.17. The van der Waals surface area contributed by atoms with Crippen molar-refractivity contribution in [3.63, 3.8) is 0 Å². The number of hydrogen-bond donors (Lipinski definition) is 1. The predicted octanol–water partition coefficient (Wildman–Crippen LogP) is 4.85. The third kappa shape index (κ3) is 2.25. The highest BCUT2D eigenvalue weighted by molar-refractivity contribution is 6.18. The molecule has 126 valence electrons. The van der Waals surface area contributed by atoms with Gasteiger partial charge in [0, 0.05) is 28.2 Å². The predicted molar refractivity (Wildman–Crippen MR) is 100 cm³/mol. The van der Waals surface area contributed by atoms with Crippen molar-refractivity contribution >= 4 is 38.5 Å². The number of carbonyl (C=O) groups excluding carboxylic acids is 1. The smallest absolute Gasteiger partial charge is 0.341 e. The summed E-state index contributed by atoms with van der Waals surface area (Å²) in [6.07, 6.45) is 0. The summed E-state index contributed by atoms with van der Waals surface area (Å²) < 4.78 is 7.28. The van der Waals surface area contributed by atoms with Crippen LogP contribution in [0.3, 0.4) is 0 Å². The molecule has 0 spiro atoms. The Labute approximate surface area is 145 Å². The molecule has 4 heteroatoms. The molecule has 0 amide bonds. The number of phenolic OH excluding ortho intramolecular Hbond substituents is 1. The van der Waals surface area contributed by atoms with E-state index in [0.717, 1.165) is 28.2 Å². The molecule has 0 radical (unpaired) electrons. The van der Waals surface area contributed by atoms with E-state index in [4.69, 9.17) is 4.74 Å². The second kappa shape index (κ2) is 5.81. The largest absolute Gasteiger partial charge is 0.507 e. The third-order valence-electron chi connectivity index (χ3n) is 4.67. The van der Waals surface area contributed by atoms with Crippen molar-refractivity contribution in [1.29, 1.82) is 0 Å². The van der Waals surface area contributed by atoms with E-state index in [1.54, 1.807) is 19.1 Å². The fraction of sp³-hybridized carbons (Fsp3) is 0.190. The summed E-state index contributed by atoms with van der Waals surface area (Å²) in [4.78, 5) is 12.0. The van der Waals surface area contributed by atoms with E-state index < -0.39 is 5.97 Å². The lowest BCUT2D eigenvalue weighted by atomic mass is 10.0. The van der Waals surface area contributed by atoms with Crippen LogP contribution in [0.2, 0.25) is 0 Å². The second-order valence-electron chi connectivity index (χ2n) is 6.03. The number of rotatable bonds is 3. The number of phenols is 1. The zero-order chi connectivity index (χ0) is 17.6. The van der Waals surface area contributed by atoms with Crippen LogP contribution in [0.4, 0.5) is 0 Å². The summed E-state index contributed by atoms with van der Waals surface area (Å²) in [5.41, 5.74) is 2.45. The number of carbonyl (C=O) groups is 1. The van der Waals surface area contributed by atoms with Crippen LogP contribution in [0.1, 0.15) is 24.2 Å². The van der Waals surface area contributed by atoms with Crippen molar-refractivity contribution in [2.24, 2.45) is 0 Å². The van der Waals surface area contributed by atoms with Gasteiger partial charge >= 0.3 is 5.97 Å². The van der Waals surface area contributed by atoms with Crippen molar-refractivity contribution in [3.8, 4) is 5.75 Å². The van der Waals surface area contributed by atoms with Crippen molar-refractivity contribution in [2.75, 3.05) is 6.61 Å². The number of aromatic nitrogens is 1. The van der Waals surface area contributed by atoms with Gasteiger partial charge in [-0.15, -0.1) is 0 Å². The number of fused-ring (bicyclic) bond motifs is 5. The first-order valence-corrected chi connectivity index (χ1v) is 8.49. The van der Waals surface area contributed by atoms with Crippen molar-refractivity contribution in [3.05, 3.63) is 54.1 Å². The Morgan fingerprint density at radius 1 is 1.04 bits per heavy atom. The number of ether oxygens (including phenoxy) is 1. The Morgan fingerprint density at radius 3 is 2.60 bits per heavy atom. The Kier molecular flexibility index (Phi) is 3.61.